The molecule has 0 amide bonds. The number of piperidine rings is 1. The average molecular weight is 522 g/mol. The Balaban J connectivity index is 1.23. The molecule has 3 aliphatic rings. The normalized spacial score (nSPS) is 21.8. The van der Waals surface area contributed by atoms with Gasteiger partial charge >= 0.3 is 0 Å². The number of aromatic nitrogens is 3. The van der Waals surface area contributed by atoms with E-state index >= 15 is 0 Å². The van der Waals surface area contributed by atoms with Crippen LogP contribution in [0.2, 0.25) is 0 Å². The Morgan fingerprint density at radius 2 is 1.92 bits per heavy atom. The molecule has 8 heteroatoms. The van der Waals surface area contributed by atoms with Crippen molar-refractivity contribution in [3.05, 3.63) is 52.2 Å². The number of pyridine rings is 1. The fourth-order valence-corrected chi connectivity index (χ4v) is 7.49. The van der Waals surface area contributed by atoms with Crippen molar-refractivity contribution in [3.63, 3.8) is 0 Å². The molecule has 1 saturated heterocycles. The largest absolute Gasteiger partial charge is 0.324 e. The molecular formula is C29H36FN5OS. The van der Waals surface area contributed by atoms with Gasteiger partial charge in [-0.3, -0.25) is 9.36 Å². The minimum atomic E-state index is -0.725. The summed E-state index contributed by atoms with van der Waals surface area (Å²) in [4.78, 5) is 23.4. The average Bonchev–Trinajstić information content (AvgIpc) is 3.54. The summed E-state index contributed by atoms with van der Waals surface area (Å²) < 4.78 is 18.7. The molecule has 6 nitrogen and oxygen atoms in total. The molecule has 0 radical (unpaired) electrons. The van der Waals surface area contributed by atoms with Gasteiger partial charge in [-0.25, -0.2) is 13.7 Å². The van der Waals surface area contributed by atoms with Crippen LogP contribution in [0, 0.1) is 30.0 Å². The number of nitrogens with one attached hydrogen (secondary N) is 1. The summed E-state index contributed by atoms with van der Waals surface area (Å²) in [5, 5.41) is 3.91. The van der Waals surface area contributed by atoms with E-state index in [9.17, 15) is 9.18 Å². The van der Waals surface area contributed by atoms with Gasteiger partial charge in [-0.05, 0) is 104 Å². The van der Waals surface area contributed by atoms with Crippen molar-refractivity contribution in [1.29, 1.82) is 0 Å². The van der Waals surface area contributed by atoms with Gasteiger partial charge in [-0.2, -0.15) is 4.98 Å². The van der Waals surface area contributed by atoms with Gasteiger partial charge in [0, 0.05) is 41.3 Å². The summed E-state index contributed by atoms with van der Waals surface area (Å²) in [6.07, 6.45) is 9.45. The molecule has 1 aliphatic heterocycles. The van der Waals surface area contributed by atoms with Crippen LogP contribution in [-0.4, -0.2) is 31.9 Å². The highest BCUT2D eigenvalue weighted by Crippen LogP contribution is 2.63. The van der Waals surface area contributed by atoms with Crippen LogP contribution in [0.3, 0.4) is 0 Å². The Hall–Kier alpha value is -2.45. The zero-order valence-electron chi connectivity index (χ0n) is 22.0. The third-order valence-electron chi connectivity index (χ3n) is 8.91. The lowest BCUT2D eigenvalue weighted by atomic mass is 9.87. The van der Waals surface area contributed by atoms with Crippen LogP contribution in [0.15, 0.2) is 40.2 Å². The maximum Gasteiger partial charge on any atom is 0.288 e. The van der Waals surface area contributed by atoms with Crippen molar-refractivity contribution in [1.82, 2.24) is 18.8 Å². The fraction of sp³-hybridized carbons (Fsp3) is 0.552. The van der Waals surface area contributed by atoms with Gasteiger partial charge < -0.3 is 5.32 Å². The number of benzene rings is 1. The first-order valence-electron chi connectivity index (χ1n) is 13.7. The minimum Gasteiger partial charge on any atom is -0.324 e. The monoisotopic (exact) mass is 521 g/mol. The maximum absolute atomic E-state index is 14.6. The van der Waals surface area contributed by atoms with Crippen molar-refractivity contribution in [2.75, 3.05) is 18.4 Å². The molecule has 0 bridgehead atoms. The first-order chi connectivity index (χ1) is 17.8. The Kier molecular flexibility index (Phi) is 6.51. The van der Waals surface area contributed by atoms with Crippen molar-refractivity contribution in [2.24, 2.45) is 17.3 Å². The maximum atomic E-state index is 14.6. The molecule has 1 unspecified atom stereocenters. The number of anilines is 2. The van der Waals surface area contributed by atoms with Gasteiger partial charge in [0.25, 0.3) is 5.56 Å². The highest BCUT2D eigenvalue weighted by molar-refractivity contribution is 7.97. The number of aryl methyl sites for hydroxylation is 1. The van der Waals surface area contributed by atoms with E-state index in [2.05, 4.69) is 53.6 Å². The number of hydrogen-bond acceptors (Lipinski definition) is 6. The van der Waals surface area contributed by atoms with E-state index in [4.69, 9.17) is 4.98 Å². The molecular weight excluding hydrogens is 485 g/mol. The van der Waals surface area contributed by atoms with E-state index < -0.39 is 11.4 Å². The first kappa shape index (κ1) is 24.9. The van der Waals surface area contributed by atoms with Gasteiger partial charge in [-0.1, -0.05) is 20.3 Å². The van der Waals surface area contributed by atoms with Crippen molar-refractivity contribution >= 4 is 34.6 Å². The lowest BCUT2D eigenvalue weighted by molar-refractivity contribution is 0.237. The zero-order chi connectivity index (χ0) is 25.7. The topological polar surface area (TPSA) is 63.1 Å². The standard InChI is InChI=1S/C29H36FN5OS/c1-18(2)20-8-13-34(14-9-20)37-22-6-7-24(19(3)15-22)32-28-31-17-21-16-23(30)27(36)35(26(21)33-28)25-5-4-10-29(25)11-12-29/h6-7,15-18,20,25H,4-5,8-14H2,1-3H3,(H,31,32,33). The van der Waals surface area contributed by atoms with Crippen LogP contribution in [0.25, 0.3) is 11.0 Å². The van der Waals surface area contributed by atoms with Gasteiger partial charge in [0.15, 0.2) is 5.82 Å². The molecule has 3 heterocycles. The molecule has 2 aromatic heterocycles. The molecule has 1 atom stereocenters. The predicted octanol–water partition coefficient (Wildman–Crippen LogP) is 6.86. The summed E-state index contributed by atoms with van der Waals surface area (Å²) in [5.41, 5.74) is 2.15. The van der Waals surface area contributed by atoms with Crippen molar-refractivity contribution in [3.8, 4) is 0 Å². The van der Waals surface area contributed by atoms with Gasteiger partial charge in [0.05, 0.1) is 0 Å². The Morgan fingerprint density at radius 3 is 2.62 bits per heavy atom. The Bertz CT molecular complexity index is 1380. The molecule has 2 saturated carbocycles. The highest BCUT2D eigenvalue weighted by Gasteiger charge is 2.53. The molecule has 1 N–H and O–H groups in total. The lowest BCUT2D eigenvalue weighted by Gasteiger charge is -2.33. The zero-order valence-corrected chi connectivity index (χ0v) is 22.8. The van der Waals surface area contributed by atoms with Crippen LogP contribution >= 0.6 is 11.9 Å². The molecule has 6 rings (SSSR count). The number of hydrogen-bond donors (Lipinski definition) is 1. The van der Waals surface area contributed by atoms with Crippen LogP contribution in [0.4, 0.5) is 16.0 Å². The Labute approximate surface area is 222 Å². The van der Waals surface area contributed by atoms with E-state index in [0.717, 1.165) is 68.3 Å². The molecule has 3 aromatic rings. The van der Waals surface area contributed by atoms with Gasteiger partial charge in [-0.15, -0.1) is 0 Å². The Morgan fingerprint density at radius 1 is 1.14 bits per heavy atom. The first-order valence-corrected chi connectivity index (χ1v) is 14.5. The van der Waals surface area contributed by atoms with Crippen LogP contribution < -0.4 is 10.9 Å². The van der Waals surface area contributed by atoms with Gasteiger partial charge in [0.1, 0.15) is 5.65 Å². The molecule has 3 fully saturated rings. The number of halogens is 1. The molecule has 37 heavy (non-hydrogen) atoms. The van der Waals surface area contributed by atoms with Gasteiger partial charge in [0.2, 0.25) is 5.95 Å². The number of rotatable bonds is 6. The smallest absolute Gasteiger partial charge is 0.288 e. The second-order valence-electron chi connectivity index (χ2n) is 11.6. The molecule has 2 aliphatic carbocycles. The second kappa shape index (κ2) is 9.70. The van der Waals surface area contributed by atoms with E-state index in [0.29, 0.717) is 17.0 Å². The summed E-state index contributed by atoms with van der Waals surface area (Å²) in [6, 6.07) is 7.69. The van der Waals surface area contributed by atoms with Crippen LogP contribution in [0.5, 0.6) is 0 Å². The SMILES string of the molecule is Cc1cc(SN2CCC(C(C)C)CC2)ccc1Nc1ncc2cc(F)c(=O)n(C3CCCC34CC4)c2n1. The summed E-state index contributed by atoms with van der Waals surface area (Å²) in [7, 11) is 0. The highest BCUT2D eigenvalue weighted by atomic mass is 32.2. The summed E-state index contributed by atoms with van der Waals surface area (Å²) in [5.74, 6) is 1.30. The predicted molar refractivity (Wildman–Crippen MR) is 148 cm³/mol. The minimum absolute atomic E-state index is 0.0181. The summed E-state index contributed by atoms with van der Waals surface area (Å²) >= 11 is 1.83. The van der Waals surface area contributed by atoms with E-state index in [1.165, 1.54) is 23.8 Å². The quantitative estimate of drug-likeness (QED) is 0.358. The number of fused-ring (bicyclic) bond motifs is 1. The van der Waals surface area contributed by atoms with Crippen LogP contribution in [0.1, 0.15) is 70.4 Å². The second-order valence-corrected chi connectivity index (χ2v) is 12.8. The fourth-order valence-electron chi connectivity index (χ4n) is 6.44. The molecule has 196 valence electrons. The summed E-state index contributed by atoms with van der Waals surface area (Å²) in [6.45, 7) is 9.00. The lowest BCUT2D eigenvalue weighted by Crippen LogP contribution is -2.30. The van der Waals surface area contributed by atoms with E-state index in [-0.39, 0.29) is 11.5 Å². The van der Waals surface area contributed by atoms with Crippen LogP contribution in [-0.2, 0) is 0 Å². The third kappa shape index (κ3) is 4.78. The van der Waals surface area contributed by atoms with Crippen molar-refractivity contribution < 1.29 is 4.39 Å². The van der Waals surface area contributed by atoms with E-state index in [1.807, 2.05) is 11.9 Å². The van der Waals surface area contributed by atoms with Crippen molar-refractivity contribution in [2.45, 2.75) is 76.7 Å². The molecule has 1 spiro atoms. The molecule has 1 aromatic carbocycles. The third-order valence-corrected chi connectivity index (χ3v) is 10.0. The number of nitrogens with zero attached hydrogens (tertiary/aromatic N) is 4. The van der Waals surface area contributed by atoms with E-state index in [1.54, 1.807) is 10.8 Å².